The van der Waals surface area contributed by atoms with E-state index in [4.69, 9.17) is 0 Å². The molecule has 2 fully saturated rings. The molecule has 2 saturated heterocycles. The molecule has 0 aliphatic carbocycles. The summed E-state index contributed by atoms with van der Waals surface area (Å²) in [5, 5.41) is 5.62. The molecule has 0 bridgehead atoms. The molecule has 112 valence electrons. The van der Waals surface area contributed by atoms with Crippen molar-refractivity contribution in [3.05, 3.63) is 0 Å². The first-order valence-electron chi connectivity index (χ1n) is 7.18. The Bertz CT molecular complexity index is 378. The Morgan fingerprint density at radius 3 is 2.60 bits per heavy atom. The monoisotopic (exact) mass is 282 g/mol. The number of rotatable bonds is 4. The summed E-state index contributed by atoms with van der Waals surface area (Å²) in [4.78, 5) is 38.4. The Labute approximate surface area is 118 Å². The number of hydrogen-bond donors (Lipinski definition) is 2. The van der Waals surface area contributed by atoms with Gasteiger partial charge in [0, 0.05) is 26.1 Å². The molecular formula is C13H22N4O3. The van der Waals surface area contributed by atoms with Gasteiger partial charge in [-0.15, -0.1) is 0 Å². The van der Waals surface area contributed by atoms with Crippen molar-refractivity contribution in [2.24, 2.45) is 0 Å². The van der Waals surface area contributed by atoms with Gasteiger partial charge in [-0.3, -0.25) is 24.6 Å². The van der Waals surface area contributed by atoms with E-state index in [0.29, 0.717) is 13.0 Å². The van der Waals surface area contributed by atoms with Gasteiger partial charge in [-0.2, -0.15) is 0 Å². The average Bonchev–Trinajstić information content (AvgIpc) is 2.65. The number of carbonyl (C=O) groups excluding carboxylic acids is 3. The predicted octanol–water partition coefficient (Wildman–Crippen LogP) is -1.45. The highest BCUT2D eigenvalue weighted by atomic mass is 16.2. The van der Waals surface area contributed by atoms with Gasteiger partial charge < -0.3 is 10.2 Å². The van der Waals surface area contributed by atoms with E-state index in [-0.39, 0.29) is 24.9 Å². The smallest absolute Gasteiger partial charge is 0.246 e. The summed E-state index contributed by atoms with van der Waals surface area (Å²) in [6, 6.07) is 0. The van der Waals surface area contributed by atoms with E-state index in [1.807, 2.05) is 4.90 Å². The highest BCUT2D eigenvalue weighted by Gasteiger charge is 2.23. The highest BCUT2D eigenvalue weighted by molar-refractivity contribution is 5.98. The minimum Gasteiger partial charge on any atom is -0.333 e. The summed E-state index contributed by atoms with van der Waals surface area (Å²) in [5.41, 5.74) is 0. The van der Waals surface area contributed by atoms with Crippen LogP contribution < -0.4 is 10.6 Å². The van der Waals surface area contributed by atoms with E-state index in [1.165, 1.54) is 4.90 Å². The van der Waals surface area contributed by atoms with Crippen LogP contribution >= 0.6 is 0 Å². The third-order valence-corrected chi connectivity index (χ3v) is 3.58. The molecule has 0 radical (unpaired) electrons. The second-order valence-corrected chi connectivity index (χ2v) is 5.27. The largest absolute Gasteiger partial charge is 0.333 e. The van der Waals surface area contributed by atoms with E-state index in [1.54, 1.807) is 0 Å². The van der Waals surface area contributed by atoms with Crippen LogP contribution in [0.4, 0.5) is 0 Å². The summed E-state index contributed by atoms with van der Waals surface area (Å²) in [6.07, 6.45) is 2.30. The van der Waals surface area contributed by atoms with Crippen molar-refractivity contribution in [3.63, 3.8) is 0 Å². The molecule has 0 aromatic rings. The molecule has 0 atom stereocenters. The first-order valence-corrected chi connectivity index (χ1v) is 7.18. The summed E-state index contributed by atoms with van der Waals surface area (Å²) in [5.74, 6) is -0.687. The summed E-state index contributed by atoms with van der Waals surface area (Å²) < 4.78 is 0. The zero-order valence-corrected chi connectivity index (χ0v) is 11.7. The molecule has 0 unspecified atom stereocenters. The minimum absolute atomic E-state index is 0.00781. The summed E-state index contributed by atoms with van der Waals surface area (Å²) in [7, 11) is 0. The Morgan fingerprint density at radius 1 is 1.05 bits per heavy atom. The van der Waals surface area contributed by atoms with Gasteiger partial charge in [-0.05, 0) is 25.9 Å². The van der Waals surface area contributed by atoms with Gasteiger partial charge >= 0.3 is 0 Å². The van der Waals surface area contributed by atoms with Crippen molar-refractivity contribution >= 4 is 17.7 Å². The summed E-state index contributed by atoms with van der Waals surface area (Å²) >= 11 is 0. The first-order chi connectivity index (χ1) is 9.65. The topological polar surface area (TPSA) is 81.8 Å². The maximum atomic E-state index is 11.8. The van der Waals surface area contributed by atoms with Crippen LogP contribution in [0.2, 0.25) is 0 Å². The number of nitrogens with one attached hydrogen (secondary N) is 2. The van der Waals surface area contributed by atoms with Crippen molar-refractivity contribution in [1.82, 2.24) is 20.4 Å². The Morgan fingerprint density at radius 2 is 1.85 bits per heavy atom. The molecule has 7 heteroatoms. The molecule has 0 saturated carbocycles. The molecule has 2 N–H and O–H groups in total. The fourth-order valence-corrected chi connectivity index (χ4v) is 2.54. The Kier molecular flexibility index (Phi) is 5.49. The highest BCUT2D eigenvalue weighted by Crippen LogP contribution is 2.08. The second-order valence-electron chi connectivity index (χ2n) is 5.27. The molecule has 0 aromatic carbocycles. The molecule has 20 heavy (non-hydrogen) atoms. The fraction of sp³-hybridized carbons (Fsp3) is 0.769. The van der Waals surface area contributed by atoms with Crippen LogP contribution in [0.15, 0.2) is 0 Å². The lowest BCUT2D eigenvalue weighted by molar-refractivity contribution is -0.136. The number of imide groups is 1. The van der Waals surface area contributed by atoms with Crippen molar-refractivity contribution in [3.8, 4) is 0 Å². The van der Waals surface area contributed by atoms with Gasteiger partial charge in [0.05, 0.1) is 13.1 Å². The lowest BCUT2D eigenvalue weighted by Gasteiger charge is -2.19. The zero-order valence-electron chi connectivity index (χ0n) is 11.7. The van der Waals surface area contributed by atoms with Crippen LogP contribution in [0.1, 0.15) is 19.3 Å². The minimum atomic E-state index is -0.391. The molecule has 2 rings (SSSR count). The quantitative estimate of drug-likeness (QED) is 0.659. The molecule has 0 aromatic heterocycles. The number of hydrogen-bond acceptors (Lipinski definition) is 5. The Balaban J connectivity index is 1.70. The van der Waals surface area contributed by atoms with Crippen LogP contribution in [0, 0.1) is 0 Å². The van der Waals surface area contributed by atoms with E-state index in [9.17, 15) is 14.4 Å². The van der Waals surface area contributed by atoms with Gasteiger partial charge in [-0.25, -0.2) is 0 Å². The van der Waals surface area contributed by atoms with E-state index in [2.05, 4.69) is 10.6 Å². The molecule has 2 aliphatic rings. The van der Waals surface area contributed by atoms with Crippen LogP contribution in [0.3, 0.4) is 0 Å². The molecule has 7 nitrogen and oxygen atoms in total. The SMILES string of the molecule is O=C(CN1CCCNCC1)NC(=O)CN1CCCC1=O. The second kappa shape index (κ2) is 7.35. The van der Waals surface area contributed by atoms with Crippen molar-refractivity contribution < 1.29 is 14.4 Å². The standard InChI is InChI=1S/C13H22N4O3/c18-11(9-16-6-2-4-14-5-8-16)15-12(19)10-17-7-1-3-13(17)20/h14H,1-10H2,(H,15,18,19). The molecule has 2 aliphatic heterocycles. The van der Waals surface area contributed by atoms with E-state index >= 15 is 0 Å². The number of likely N-dealkylation sites (tertiary alicyclic amines) is 1. The summed E-state index contributed by atoms with van der Waals surface area (Å²) in [6.45, 7) is 4.34. The number of amides is 3. The van der Waals surface area contributed by atoms with Gasteiger partial charge in [0.15, 0.2) is 0 Å². The van der Waals surface area contributed by atoms with Gasteiger partial charge in [0.2, 0.25) is 17.7 Å². The molecule has 0 spiro atoms. The van der Waals surface area contributed by atoms with Crippen LogP contribution in [-0.2, 0) is 14.4 Å². The lowest BCUT2D eigenvalue weighted by Crippen LogP contribution is -2.45. The number of carbonyl (C=O) groups is 3. The van der Waals surface area contributed by atoms with E-state index in [0.717, 1.165) is 39.0 Å². The number of nitrogens with zero attached hydrogens (tertiary/aromatic N) is 2. The fourth-order valence-electron chi connectivity index (χ4n) is 2.54. The molecule has 3 amide bonds. The average molecular weight is 282 g/mol. The zero-order chi connectivity index (χ0) is 14.4. The van der Waals surface area contributed by atoms with E-state index < -0.39 is 5.91 Å². The maximum Gasteiger partial charge on any atom is 0.246 e. The van der Waals surface area contributed by atoms with Gasteiger partial charge in [-0.1, -0.05) is 0 Å². The van der Waals surface area contributed by atoms with Crippen molar-refractivity contribution in [2.75, 3.05) is 45.8 Å². The lowest BCUT2D eigenvalue weighted by atomic mass is 10.4. The Hall–Kier alpha value is -1.47. The van der Waals surface area contributed by atoms with Crippen LogP contribution in [-0.4, -0.2) is 73.3 Å². The third-order valence-electron chi connectivity index (χ3n) is 3.58. The third kappa shape index (κ3) is 4.57. The molecule has 2 heterocycles. The first kappa shape index (κ1) is 14.9. The predicted molar refractivity (Wildman–Crippen MR) is 72.9 cm³/mol. The van der Waals surface area contributed by atoms with Crippen LogP contribution in [0.25, 0.3) is 0 Å². The van der Waals surface area contributed by atoms with Gasteiger partial charge in [0.1, 0.15) is 0 Å². The van der Waals surface area contributed by atoms with Crippen molar-refractivity contribution in [2.45, 2.75) is 19.3 Å². The maximum absolute atomic E-state index is 11.8. The molecular weight excluding hydrogens is 260 g/mol. The van der Waals surface area contributed by atoms with Crippen molar-refractivity contribution in [1.29, 1.82) is 0 Å². The van der Waals surface area contributed by atoms with Gasteiger partial charge in [0.25, 0.3) is 0 Å². The van der Waals surface area contributed by atoms with Crippen LogP contribution in [0.5, 0.6) is 0 Å². The normalized spacial score (nSPS) is 20.8.